The van der Waals surface area contributed by atoms with Crippen molar-refractivity contribution in [2.75, 3.05) is 18.5 Å². The third-order valence-electron chi connectivity index (χ3n) is 2.80. The number of imide groups is 1. The first-order chi connectivity index (χ1) is 10.8. The summed E-state index contributed by atoms with van der Waals surface area (Å²) in [5, 5.41) is 7.35. The molecule has 23 heavy (non-hydrogen) atoms. The van der Waals surface area contributed by atoms with Gasteiger partial charge in [-0.05, 0) is 26.3 Å². The molecule has 9 heteroatoms. The minimum atomic E-state index is -0.741. The molecular weight excluding hydrogens is 322 g/mol. The van der Waals surface area contributed by atoms with Crippen LogP contribution in [0.3, 0.4) is 0 Å². The van der Waals surface area contributed by atoms with E-state index in [1.807, 2.05) is 12.2 Å². The normalized spacial score (nSPS) is 9.91. The third kappa shape index (κ3) is 5.37. The molecule has 1 rings (SSSR count). The van der Waals surface area contributed by atoms with Gasteiger partial charge in [-0.15, -0.1) is 11.3 Å². The molecule has 126 valence electrons. The Balaban J connectivity index is 2.73. The highest BCUT2D eigenvalue weighted by molar-refractivity contribution is 7.16. The van der Waals surface area contributed by atoms with Gasteiger partial charge >= 0.3 is 12.0 Å². The van der Waals surface area contributed by atoms with E-state index >= 15 is 0 Å². The molecule has 0 bridgehead atoms. The predicted molar refractivity (Wildman–Crippen MR) is 85.6 cm³/mol. The Kier molecular flexibility index (Phi) is 6.70. The molecule has 0 aliphatic carbocycles. The van der Waals surface area contributed by atoms with Gasteiger partial charge < -0.3 is 15.4 Å². The van der Waals surface area contributed by atoms with Crippen LogP contribution in [0.25, 0.3) is 0 Å². The highest BCUT2D eigenvalue weighted by Gasteiger charge is 2.22. The van der Waals surface area contributed by atoms with E-state index in [1.165, 1.54) is 18.3 Å². The first-order valence-corrected chi connectivity index (χ1v) is 7.70. The predicted octanol–water partition coefficient (Wildman–Crippen LogP) is 1.33. The highest BCUT2D eigenvalue weighted by atomic mass is 32.1. The van der Waals surface area contributed by atoms with E-state index in [9.17, 15) is 19.2 Å². The maximum Gasteiger partial charge on any atom is 0.341 e. The van der Waals surface area contributed by atoms with Crippen LogP contribution in [0.1, 0.15) is 34.6 Å². The minimum absolute atomic E-state index is 0.216. The van der Waals surface area contributed by atoms with E-state index in [-0.39, 0.29) is 11.5 Å². The molecule has 0 aliphatic rings. The number of rotatable bonds is 5. The summed E-state index contributed by atoms with van der Waals surface area (Å²) in [6.07, 6.45) is 0. The van der Waals surface area contributed by atoms with E-state index in [1.54, 1.807) is 13.8 Å². The summed E-state index contributed by atoms with van der Waals surface area (Å²) in [5.41, 5.74) is 0.890. The molecule has 8 nitrogen and oxygen atoms in total. The molecule has 3 N–H and O–H groups in total. The number of carbonyl (C=O) groups excluding carboxylic acids is 4. The number of carbonyl (C=O) groups is 4. The highest BCUT2D eigenvalue weighted by Crippen LogP contribution is 2.32. The Labute approximate surface area is 137 Å². The largest absolute Gasteiger partial charge is 0.452 e. The average Bonchev–Trinajstić information content (AvgIpc) is 2.70. The monoisotopic (exact) mass is 341 g/mol. The first-order valence-electron chi connectivity index (χ1n) is 6.88. The Morgan fingerprint density at radius 1 is 1.17 bits per heavy atom. The van der Waals surface area contributed by atoms with Crippen molar-refractivity contribution in [1.82, 2.24) is 10.6 Å². The number of thiophene rings is 1. The molecule has 0 aromatic carbocycles. The van der Waals surface area contributed by atoms with Gasteiger partial charge in [0.15, 0.2) is 6.61 Å². The zero-order valence-corrected chi connectivity index (χ0v) is 14.2. The fraction of sp³-hybridized carbons (Fsp3) is 0.429. The number of aryl methyl sites for hydroxylation is 1. The smallest absolute Gasteiger partial charge is 0.341 e. The molecule has 0 radical (unpaired) electrons. The molecular formula is C14H19N3O5S. The summed E-state index contributed by atoms with van der Waals surface area (Å²) in [5.74, 6) is -1.79. The van der Waals surface area contributed by atoms with Gasteiger partial charge in [0.1, 0.15) is 5.00 Å². The van der Waals surface area contributed by atoms with Crippen LogP contribution in [0.15, 0.2) is 0 Å². The Hall–Kier alpha value is -2.42. The van der Waals surface area contributed by atoms with Gasteiger partial charge in [0.25, 0.3) is 5.91 Å². The second-order valence-corrected chi connectivity index (χ2v) is 5.88. The van der Waals surface area contributed by atoms with E-state index in [0.29, 0.717) is 17.1 Å². The van der Waals surface area contributed by atoms with E-state index in [2.05, 4.69) is 10.6 Å². The quantitative estimate of drug-likeness (QED) is 0.699. The zero-order chi connectivity index (χ0) is 17.6. The summed E-state index contributed by atoms with van der Waals surface area (Å²) < 4.78 is 4.91. The lowest BCUT2D eigenvalue weighted by atomic mass is 10.1. The van der Waals surface area contributed by atoms with Crippen molar-refractivity contribution in [2.45, 2.75) is 27.7 Å². The van der Waals surface area contributed by atoms with Crippen molar-refractivity contribution in [2.24, 2.45) is 0 Å². The molecule has 0 saturated heterocycles. The van der Waals surface area contributed by atoms with Crippen LogP contribution < -0.4 is 16.0 Å². The number of ether oxygens (including phenoxy) is 1. The lowest BCUT2D eigenvalue weighted by molar-refractivity contribution is -0.123. The number of anilines is 1. The Morgan fingerprint density at radius 3 is 2.39 bits per heavy atom. The van der Waals surface area contributed by atoms with Gasteiger partial charge in [0.2, 0.25) is 5.91 Å². The molecule has 0 aliphatic heterocycles. The fourth-order valence-electron chi connectivity index (χ4n) is 1.69. The van der Waals surface area contributed by atoms with Crippen molar-refractivity contribution in [1.29, 1.82) is 0 Å². The molecule has 0 atom stereocenters. The first kappa shape index (κ1) is 18.6. The second-order valence-electron chi connectivity index (χ2n) is 4.65. The molecule has 1 aromatic rings. The summed E-state index contributed by atoms with van der Waals surface area (Å²) in [7, 11) is 0. The lowest BCUT2D eigenvalue weighted by Gasteiger charge is -2.08. The molecule has 0 saturated carbocycles. The summed E-state index contributed by atoms with van der Waals surface area (Å²) in [6.45, 7) is 6.34. The minimum Gasteiger partial charge on any atom is -0.452 e. The van der Waals surface area contributed by atoms with Gasteiger partial charge in [0, 0.05) is 18.3 Å². The third-order valence-corrected chi connectivity index (χ3v) is 3.93. The number of nitrogens with one attached hydrogen (secondary N) is 3. The van der Waals surface area contributed by atoms with Crippen LogP contribution in [0.5, 0.6) is 0 Å². The van der Waals surface area contributed by atoms with Gasteiger partial charge in [-0.1, -0.05) is 0 Å². The molecule has 1 aromatic heterocycles. The van der Waals surface area contributed by atoms with E-state index in [4.69, 9.17) is 4.74 Å². The average molecular weight is 341 g/mol. The van der Waals surface area contributed by atoms with Gasteiger partial charge in [0.05, 0.1) is 5.56 Å². The van der Waals surface area contributed by atoms with Gasteiger partial charge in [-0.2, -0.15) is 0 Å². The molecule has 0 fully saturated rings. The van der Waals surface area contributed by atoms with Crippen molar-refractivity contribution >= 4 is 40.2 Å². The van der Waals surface area contributed by atoms with Gasteiger partial charge in [-0.25, -0.2) is 9.59 Å². The maximum atomic E-state index is 12.1. The Bertz CT molecular complexity index is 639. The summed E-state index contributed by atoms with van der Waals surface area (Å²) in [6, 6.07) is -0.657. The van der Waals surface area contributed by atoms with Crippen LogP contribution in [0.4, 0.5) is 9.80 Å². The van der Waals surface area contributed by atoms with Gasteiger partial charge in [-0.3, -0.25) is 14.9 Å². The fourth-order valence-corrected chi connectivity index (χ4v) is 2.79. The van der Waals surface area contributed by atoms with Crippen LogP contribution in [-0.2, 0) is 14.3 Å². The topological polar surface area (TPSA) is 114 Å². The molecule has 4 amide bonds. The van der Waals surface area contributed by atoms with Crippen molar-refractivity contribution < 1.29 is 23.9 Å². The molecule has 0 spiro atoms. The van der Waals surface area contributed by atoms with Crippen LogP contribution in [-0.4, -0.2) is 37.0 Å². The number of urea groups is 1. The summed E-state index contributed by atoms with van der Waals surface area (Å²) in [4.78, 5) is 46.9. The van der Waals surface area contributed by atoms with Crippen LogP contribution in [0, 0.1) is 13.8 Å². The number of amides is 4. The SMILES string of the molecule is CCNC(=O)NC(=O)COC(=O)c1c(NC(C)=O)sc(C)c1C. The van der Waals surface area contributed by atoms with Crippen molar-refractivity contribution in [3.05, 3.63) is 16.0 Å². The van der Waals surface area contributed by atoms with Crippen LogP contribution >= 0.6 is 11.3 Å². The van der Waals surface area contributed by atoms with Crippen molar-refractivity contribution in [3.63, 3.8) is 0 Å². The summed E-state index contributed by atoms with van der Waals surface area (Å²) >= 11 is 1.25. The number of esters is 1. The number of hydrogen-bond donors (Lipinski definition) is 3. The van der Waals surface area contributed by atoms with Crippen molar-refractivity contribution in [3.8, 4) is 0 Å². The van der Waals surface area contributed by atoms with Crippen LogP contribution in [0.2, 0.25) is 0 Å². The maximum absolute atomic E-state index is 12.1. The second kappa shape index (κ2) is 8.28. The Morgan fingerprint density at radius 2 is 1.83 bits per heavy atom. The standard InChI is InChI=1S/C14H19N3O5S/c1-5-15-14(21)17-10(19)6-22-13(20)11-7(2)8(3)23-12(11)16-9(4)18/h5-6H2,1-4H3,(H,16,18)(H2,15,17,19,21). The number of hydrogen-bond acceptors (Lipinski definition) is 6. The molecule has 1 heterocycles. The lowest BCUT2D eigenvalue weighted by Crippen LogP contribution is -2.41. The molecule has 0 unspecified atom stereocenters. The van der Waals surface area contributed by atoms with E-state index in [0.717, 1.165) is 4.88 Å². The van der Waals surface area contributed by atoms with E-state index < -0.39 is 24.5 Å². The zero-order valence-electron chi connectivity index (χ0n) is 13.4.